The molecule has 1 aromatic rings. The van der Waals surface area contributed by atoms with Crippen LogP contribution in [0, 0.1) is 0 Å². The van der Waals surface area contributed by atoms with E-state index in [1.54, 1.807) is 43.3 Å². The van der Waals surface area contributed by atoms with Gasteiger partial charge in [0, 0.05) is 11.1 Å². The lowest BCUT2D eigenvalue weighted by Crippen LogP contribution is -2.08. The minimum absolute atomic E-state index is 0.0290. The van der Waals surface area contributed by atoms with Crippen molar-refractivity contribution in [2.75, 3.05) is 0 Å². The van der Waals surface area contributed by atoms with Crippen LogP contribution < -0.4 is 0 Å². The molecule has 0 spiro atoms. The number of aliphatic carboxylic acids is 1. The van der Waals surface area contributed by atoms with Gasteiger partial charge in [-0.2, -0.15) is 0 Å². The smallest absolute Gasteiger partial charge is 0.336 e. The average molecular weight is 230 g/mol. The summed E-state index contributed by atoms with van der Waals surface area (Å²) in [5.74, 6) is -1.36. The molecule has 0 heterocycles. The zero-order valence-corrected chi connectivity index (χ0v) is 9.81. The van der Waals surface area contributed by atoms with Gasteiger partial charge >= 0.3 is 5.97 Å². The molecule has 1 aromatic carbocycles. The number of hydrogen-bond donors (Lipinski definition) is 1. The average Bonchev–Trinajstić information content (AvgIpc) is 2.35. The van der Waals surface area contributed by atoms with Crippen LogP contribution in [0.1, 0.15) is 24.2 Å². The van der Waals surface area contributed by atoms with Crippen molar-refractivity contribution in [2.24, 2.45) is 0 Å². The molecule has 3 nitrogen and oxygen atoms in total. The molecule has 0 atom stereocenters. The SMILES string of the molecule is C/C=C\C(C(=O)O)=C(/C)C(=O)c1ccccc1. The van der Waals surface area contributed by atoms with E-state index in [4.69, 9.17) is 5.11 Å². The molecule has 3 heteroatoms. The Balaban J connectivity index is 3.19. The van der Waals surface area contributed by atoms with Crippen LogP contribution in [0.2, 0.25) is 0 Å². The Morgan fingerprint density at radius 3 is 2.24 bits per heavy atom. The van der Waals surface area contributed by atoms with Crippen LogP contribution in [-0.2, 0) is 4.79 Å². The number of rotatable bonds is 4. The Morgan fingerprint density at radius 2 is 1.76 bits per heavy atom. The highest BCUT2D eigenvalue weighted by Crippen LogP contribution is 2.13. The summed E-state index contributed by atoms with van der Waals surface area (Å²) in [5.41, 5.74) is 0.761. The van der Waals surface area contributed by atoms with Crippen molar-refractivity contribution in [1.82, 2.24) is 0 Å². The van der Waals surface area contributed by atoms with E-state index in [-0.39, 0.29) is 16.9 Å². The van der Waals surface area contributed by atoms with Gasteiger partial charge in [0.1, 0.15) is 0 Å². The third-order valence-electron chi connectivity index (χ3n) is 2.34. The molecular weight excluding hydrogens is 216 g/mol. The third-order valence-corrected chi connectivity index (χ3v) is 2.34. The molecule has 1 N–H and O–H groups in total. The van der Waals surface area contributed by atoms with Gasteiger partial charge in [0.05, 0.1) is 5.57 Å². The van der Waals surface area contributed by atoms with Crippen LogP contribution >= 0.6 is 0 Å². The second-order valence-electron chi connectivity index (χ2n) is 3.54. The summed E-state index contributed by atoms with van der Waals surface area (Å²) in [6.07, 6.45) is 3.03. The highest BCUT2D eigenvalue weighted by Gasteiger charge is 2.15. The van der Waals surface area contributed by atoms with E-state index in [2.05, 4.69) is 0 Å². The van der Waals surface area contributed by atoms with Crippen molar-refractivity contribution in [3.8, 4) is 0 Å². The fourth-order valence-electron chi connectivity index (χ4n) is 1.45. The molecule has 0 aromatic heterocycles. The molecule has 0 aliphatic heterocycles. The van der Waals surface area contributed by atoms with Crippen LogP contribution in [0.4, 0.5) is 0 Å². The molecule has 0 saturated carbocycles. The van der Waals surface area contributed by atoms with Crippen molar-refractivity contribution in [2.45, 2.75) is 13.8 Å². The fourth-order valence-corrected chi connectivity index (χ4v) is 1.45. The Hall–Kier alpha value is -2.16. The predicted molar refractivity (Wildman–Crippen MR) is 65.9 cm³/mol. The highest BCUT2D eigenvalue weighted by atomic mass is 16.4. The summed E-state index contributed by atoms with van der Waals surface area (Å²) in [4.78, 5) is 23.0. The Kier molecular flexibility index (Phi) is 4.40. The maximum atomic E-state index is 12.0. The maximum Gasteiger partial charge on any atom is 0.336 e. The zero-order chi connectivity index (χ0) is 12.8. The van der Waals surface area contributed by atoms with Gasteiger partial charge in [0.15, 0.2) is 5.78 Å². The van der Waals surface area contributed by atoms with Gasteiger partial charge in [-0.3, -0.25) is 4.79 Å². The van der Waals surface area contributed by atoms with Gasteiger partial charge in [-0.1, -0.05) is 42.5 Å². The van der Waals surface area contributed by atoms with E-state index in [1.165, 1.54) is 13.0 Å². The summed E-state index contributed by atoms with van der Waals surface area (Å²) in [6, 6.07) is 8.63. The number of carbonyl (C=O) groups is 2. The molecule has 1 rings (SSSR count). The van der Waals surface area contributed by atoms with Gasteiger partial charge < -0.3 is 5.11 Å². The van der Waals surface area contributed by atoms with Gasteiger partial charge in [-0.15, -0.1) is 0 Å². The first kappa shape index (κ1) is 12.9. The van der Waals surface area contributed by atoms with E-state index in [0.717, 1.165) is 0 Å². The van der Waals surface area contributed by atoms with Gasteiger partial charge in [-0.25, -0.2) is 4.79 Å². The number of Topliss-reactive ketones (excluding diaryl/α,β-unsaturated/α-hetero) is 1. The van der Waals surface area contributed by atoms with Crippen molar-refractivity contribution in [3.05, 3.63) is 59.2 Å². The van der Waals surface area contributed by atoms with Gasteiger partial charge in [0.2, 0.25) is 0 Å². The molecule has 0 fully saturated rings. The van der Waals surface area contributed by atoms with E-state index < -0.39 is 5.97 Å². The molecule has 0 saturated heterocycles. The predicted octanol–water partition coefficient (Wildman–Crippen LogP) is 2.85. The number of benzene rings is 1. The summed E-state index contributed by atoms with van der Waals surface area (Å²) >= 11 is 0. The zero-order valence-electron chi connectivity index (χ0n) is 9.81. The number of carboxylic acid groups (broad SMARTS) is 1. The lowest BCUT2D eigenvalue weighted by Gasteiger charge is -2.04. The van der Waals surface area contributed by atoms with E-state index in [0.29, 0.717) is 5.56 Å². The van der Waals surface area contributed by atoms with Gasteiger partial charge in [-0.05, 0) is 13.8 Å². The van der Waals surface area contributed by atoms with Crippen molar-refractivity contribution < 1.29 is 14.7 Å². The van der Waals surface area contributed by atoms with Crippen molar-refractivity contribution in [3.63, 3.8) is 0 Å². The van der Waals surface area contributed by atoms with E-state index >= 15 is 0 Å². The van der Waals surface area contributed by atoms with Crippen LogP contribution in [-0.4, -0.2) is 16.9 Å². The first-order chi connectivity index (χ1) is 8.07. The second-order valence-corrected chi connectivity index (χ2v) is 3.54. The van der Waals surface area contributed by atoms with Gasteiger partial charge in [0.25, 0.3) is 0 Å². The standard InChI is InChI=1S/C14H14O3/c1-3-7-12(14(16)17)10(2)13(15)11-8-5-4-6-9-11/h3-9H,1-2H3,(H,16,17)/b7-3-,12-10-. The van der Waals surface area contributed by atoms with Crippen LogP contribution in [0.15, 0.2) is 53.6 Å². The largest absolute Gasteiger partial charge is 0.478 e. The Bertz CT molecular complexity index is 481. The summed E-state index contributed by atoms with van der Waals surface area (Å²) in [7, 11) is 0. The molecule has 0 bridgehead atoms. The number of ketones is 1. The quantitative estimate of drug-likeness (QED) is 0.491. The maximum absolute atomic E-state index is 12.0. The fraction of sp³-hybridized carbons (Fsp3) is 0.143. The summed E-state index contributed by atoms with van der Waals surface area (Å²) in [5, 5.41) is 9.01. The molecule has 0 unspecified atom stereocenters. The molecule has 88 valence electrons. The van der Waals surface area contributed by atoms with Crippen LogP contribution in [0.5, 0.6) is 0 Å². The summed E-state index contributed by atoms with van der Waals surface area (Å²) in [6.45, 7) is 3.24. The molecule has 0 aliphatic rings. The number of carbonyl (C=O) groups excluding carboxylic acids is 1. The monoisotopic (exact) mass is 230 g/mol. The lowest BCUT2D eigenvalue weighted by molar-refractivity contribution is -0.132. The van der Waals surface area contributed by atoms with Crippen molar-refractivity contribution >= 4 is 11.8 Å². The van der Waals surface area contributed by atoms with Crippen LogP contribution in [0.25, 0.3) is 0 Å². The minimum atomic E-state index is -1.09. The first-order valence-corrected chi connectivity index (χ1v) is 5.24. The number of carboxylic acids is 1. The minimum Gasteiger partial charge on any atom is -0.478 e. The number of hydrogen-bond acceptors (Lipinski definition) is 2. The molecule has 0 amide bonds. The Labute approximate surface area is 100 Å². The van der Waals surface area contributed by atoms with E-state index in [1.807, 2.05) is 0 Å². The van der Waals surface area contributed by atoms with Crippen LogP contribution in [0.3, 0.4) is 0 Å². The Morgan fingerprint density at radius 1 is 1.18 bits per heavy atom. The lowest BCUT2D eigenvalue weighted by atomic mass is 9.99. The molecule has 17 heavy (non-hydrogen) atoms. The van der Waals surface area contributed by atoms with Crippen molar-refractivity contribution in [1.29, 1.82) is 0 Å². The molecule has 0 aliphatic carbocycles. The summed E-state index contributed by atoms with van der Waals surface area (Å²) < 4.78 is 0. The van der Waals surface area contributed by atoms with E-state index in [9.17, 15) is 9.59 Å². The number of allylic oxidation sites excluding steroid dienone is 2. The molecular formula is C14H14O3. The normalized spacial score (nSPS) is 12.4. The second kappa shape index (κ2) is 5.80. The first-order valence-electron chi connectivity index (χ1n) is 5.24. The third kappa shape index (κ3) is 3.14. The molecule has 0 radical (unpaired) electrons. The topological polar surface area (TPSA) is 54.4 Å². The highest BCUT2D eigenvalue weighted by molar-refractivity contribution is 6.12.